The number of aromatic amines is 1. The standard InChI is InChI=1S/C77H127N19O20S/c1-11-42(8)62(74(112)93-57(38-117)77(115)116)94-72(110)56(36-45-37-83-47-20-13-12-19-46(45)47)90-68(106)52(26-29-61(100)101)88-67(105)51(25-28-60(82)99)87-64(102)48(21-14-16-30-78)84-66(104)50(24-27-59(81)98)86-65(103)49(22-15-17-31-79)85-69(107)54(34-40(4)5)92-75(113)63(44(10)97)95-71(109)55(35-41(6)7)89-70(108)53(33-39(2)3)91-73(111)58-23-18-32-96(58)76(114)43(9)80/h12-13,19-20,37,39-44,48-58,62-63,83,97,117H,11,14-18,21-36,38,78-80H2,1-10H3,(H2,81,98)(H2,82,99)(H,84,104)(H,85,107)(H,86,103)(H,87,102)(H,88,105)(H,89,108)(H,90,106)(H,91,111)(H,92,113)(H,93,112)(H,94,110)(H,95,109)(H,100,101)(H,115,116)/t42-,43-,44+,48-,49-,50-,51-,52-,53-,54-,55-,56-,57-,58-,62-,63-/m0/s1. The van der Waals surface area contributed by atoms with Crippen LogP contribution in [0.1, 0.15) is 190 Å². The van der Waals surface area contributed by atoms with Crippen molar-refractivity contribution in [2.75, 3.05) is 25.4 Å². The van der Waals surface area contributed by atoms with Gasteiger partial charge in [0.25, 0.3) is 0 Å². The van der Waals surface area contributed by atoms with Crippen molar-refractivity contribution in [2.45, 2.75) is 282 Å². The van der Waals surface area contributed by atoms with Gasteiger partial charge in [0.2, 0.25) is 88.6 Å². The number of rotatable bonds is 55. The molecule has 1 aromatic heterocycles. The van der Waals surface area contributed by atoms with E-state index in [0.717, 1.165) is 0 Å². The molecule has 656 valence electrons. The largest absolute Gasteiger partial charge is 0.481 e. The number of fused-ring (bicyclic) bond motifs is 1. The number of carbonyl (C=O) groups excluding carboxylic acids is 15. The molecule has 39 nitrogen and oxygen atoms in total. The maximum absolute atomic E-state index is 14.7. The predicted molar refractivity (Wildman–Crippen MR) is 434 cm³/mol. The second kappa shape index (κ2) is 51.2. The molecule has 15 amide bonds. The smallest absolute Gasteiger partial charge is 0.327 e. The van der Waals surface area contributed by atoms with Crippen molar-refractivity contribution in [3.63, 3.8) is 0 Å². The number of H-pyrrole nitrogens is 1. The molecule has 1 saturated heterocycles. The summed E-state index contributed by atoms with van der Waals surface area (Å²) in [6, 6.07) is -13.6. The highest BCUT2D eigenvalue weighted by atomic mass is 32.1. The zero-order valence-electron chi connectivity index (χ0n) is 68.7. The fraction of sp³-hybridized carbons (Fsp3) is 0.675. The van der Waals surface area contributed by atoms with Gasteiger partial charge in [-0.2, -0.15) is 12.6 Å². The summed E-state index contributed by atoms with van der Waals surface area (Å²) in [6.07, 6.45) is -2.24. The van der Waals surface area contributed by atoms with Crippen LogP contribution in [-0.4, -0.2) is 242 Å². The molecule has 2 aromatic rings. The molecule has 0 aliphatic carbocycles. The number of hydrogen-bond donors (Lipinski definition) is 22. The lowest BCUT2D eigenvalue weighted by Gasteiger charge is -2.30. The molecule has 1 aliphatic rings. The van der Waals surface area contributed by atoms with Crippen molar-refractivity contribution in [1.29, 1.82) is 0 Å². The molecule has 1 aliphatic heterocycles. The number of aliphatic hydroxyl groups excluding tert-OH is 1. The molecule has 1 fully saturated rings. The van der Waals surface area contributed by atoms with Gasteiger partial charge in [-0.25, -0.2) is 4.79 Å². The molecule has 1 aromatic carbocycles. The summed E-state index contributed by atoms with van der Waals surface area (Å²) >= 11 is 4.03. The molecular formula is C77H127N19O20S. The number of likely N-dealkylation sites (tertiary alicyclic amines) is 1. The molecule has 3 rings (SSSR count). The van der Waals surface area contributed by atoms with Crippen LogP contribution in [0.5, 0.6) is 0 Å². The summed E-state index contributed by atoms with van der Waals surface area (Å²) in [5.41, 5.74) is 29.8. The summed E-state index contributed by atoms with van der Waals surface area (Å²) in [7, 11) is 0. The first-order chi connectivity index (χ1) is 55.1. The highest BCUT2D eigenvalue weighted by molar-refractivity contribution is 7.80. The third-order valence-corrected chi connectivity index (χ3v) is 20.1. The molecule has 40 heteroatoms. The first kappa shape index (κ1) is 101. The summed E-state index contributed by atoms with van der Waals surface area (Å²) in [4.78, 5) is 239. The number of amides is 15. The van der Waals surface area contributed by atoms with Gasteiger partial charge in [0.15, 0.2) is 0 Å². The molecular weight excluding hydrogens is 1540 g/mol. The minimum atomic E-state index is -1.83. The number of carboxylic acid groups (broad SMARTS) is 2. The van der Waals surface area contributed by atoms with Crippen molar-refractivity contribution in [1.82, 2.24) is 73.7 Å². The average Bonchev–Trinajstić information content (AvgIpc) is 1.11. The first-order valence-corrected chi connectivity index (χ1v) is 40.7. The van der Waals surface area contributed by atoms with Gasteiger partial charge in [-0.05, 0) is 152 Å². The van der Waals surface area contributed by atoms with Crippen LogP contribution in [0.2, 0.25) is 0 Å². The van der Waals surface area contributed by atoms with Gasteiger partial charge in [0.05, 0.1) is 12.1 Å². The summed E-state index contributed by atoms with van der Waals surface area (Å²) in [5.74, 6) is -18.5. The van der Waals surface area contributed by atoms with Crippen molar-refractivity contribution >= 4 is 124 Å². The maximum Gasteiger partial charge on any atom is 0.327 e. The fourth-order valence-corrected chi connectivity index (χ4v) is 13.3. The molecule has 117 heavy (non-hydrogen) atoms. The molecule has 16 atom stereocenters. The van der Waals surface area contributed by atoms with Crippen LogP contribution in [-0.2, 0) is 87.9 Å². The van der Waals surface area contributed by atoms with Crippen molar-refractivity contribution in [3.8, 4) is 0 Å². The highest BCUT2D eigenvalue weighted by Crippen LogP contribution is 2.23. The van der Waals surface area contributed by atoms with Crippen molar-refractivity contribution < 1.29 is 96.8 Å². The number of carbonyl (C=O) groups is 17. The number of para-hydroxylation sites is 1. The van der Waals surface area contributed by atoms with Crippen LogP contribution in [0.4, 0.5) is 0 Å². The number of unbranched alkanes of at least 4 members (excludes halogenated alkanes) is 2. The zero-order valence-corrected chi connectivity index (χ0v) is 69.6. The van der Waals surface area contributed by atoms with Crippen molar-refractivity contribution in [2.24, 2.45) is 52.3 Å². The number of aliphatic carboxylic acids is 2. The molecule has 0 radical (unpaired) electrons. The molecule has 0 saturated carbocycles. The van der Waals surface area contributed by atoms with E-state index in [2.05, 4.69) is 81.4 Å². The van der Waals surface area contributed by atoms with E-state index in [0.29, 0.717) is 42.1 Å². The lowest BCUT2D eigenvalue weighted by Crippen LogP contribution is -2.62. The van der Waals surface area contributed by atoms with Gasteiger partial charge >= 0.3 is 11.9 Å². The number of aromatic nitrogens is 1. The van der Waals surface area contributed by atoms with E-state index in [4.69, 9.17) is 28.7 Å². The van der Waals surface area contributed by atoms with Crippen LogP contribution >= 0.6 is 12.6 Å². The van der Waals surface area contributed by atoms with Crippen LogP contribution in [0.15, 0.2) is 30.5 Å². The van der Waals surface area contributed by atoms with Gasteiger partial charge in [0, 0.05) is 55.1 Å². The lowest BCUT2D eigenvalue weighted by atomic mass is 9.96. The number of thiol groups is 1. The Labute approximate surface area is 687 Å². The highest BCUT2D eigenvalue weighted by Gasteiger charge is 2.41. The first-order valence-electron chi connectivity index (χ1n) is 40.0. The second-order valence-corrected chi connectivity index (χ2v) is 31.5. The second-order valence-electron chi connectivity index (χ2n) is 31.2. The third kappa shape index (κ3) is 35.0. The van der Waals surface area contributed by atoms with Crippen molar-refractivity contribution in [3.05, 3.63) is 36.0 Å². The summed E-state index contributed by atoms with van der Waals surface area (Å²) in [6.45, 7) is 17.1. The Morgan fingerprint density at radius 1 is 0.487 bits per heavy atom. The Hall–Kier alpha value is -10.1. The van der Waals surface area contributed by atoms with E-state index in [1.54, 1.807) is 72.0 Å². The maximum atomic E-state index is 14.7. The minimum Gasteiger partial charge on any atom is -0.481 e. The van der Waals surface area contributed by atoms with Crippen LogP contribution in [0.25, 0.3) is 10.9 Å². The molecule has 2 heterocycles. The van der Waals surface area contributed by atoms with Gasteiger partial charge in [-0.1, -0.05) is 80.0 Å². The third-order valence-electron chi connectivity index (χ3n) is 19.7. The Bertz CT molecular complexity index is 3710. The molecule has 0 bridgehead atoms. The van der Waals surface area contributed by atoms with E-state index in [1.807, 2.05) is 13.8 Å². The van der Waals surface area contributed by atoms with Gasteiger partial charge in [0.1, 0.15) is 78.5 Å². The predicted octanol–water partition coefficient (Wildman–Crippen LogP) is -2.90. The van der Waals surface area contributed by atoms with E-state index >= 15 is 0 Å². The number of nitrogens with zero attached hydrogens (tertiary/aromatic N) is 1. The van der Waals surface area contributed by atoms with Crippen LogP contribution < -0.4 is 92.5 Å². The number of nitrogens with one attached hydrogen (secondary N) is 13. The Kier molecular flexibility index (Phi) is 44.3. The normalized spacial score (nSPS) is 16.6. The number of carboxylic acids is 2. The van der Waals surface area contributed by atoms with E-state index in [9.17, 15) is 96.8 Å². The minimum absolute atomic E-state index is 0.0101. The van der Waals surface area contributed by atoms with Crippen LogP contribution in [0.3, 0.4) is 0 Å². The topological polar surface area (TPSA) is 644 Å². The Morgan fingerprint density at radius 2 is 0.863 bits per heavy atom. The number of hydrogen-bond acceptors (Lipinski definition) is 22. The SMILES string of the molecule is CC[C@H](C)[C@H](NC(=O)[C@H](Cc1c[nH]c2ccccc12)NC(=O)[C@H](CCC(=O)O)NC(=O)[C@H](CCC(N)=O)NC(=O)[C@H](CCCCN)NC(=O)[C@H](CCC(N)=O)NC(=O)[C@H](CCCCN)NC(=O)[C@H](CC(C)C)NC(=O)[C@@H](NC(=O)[C@H](CC(C)C)NC(=O)[C@H](CC(C)C)NC(=O)[C@@H]1CCCN1C(=O)[C@H](C)N)[C@@H](C)O)C(=O)N[C@@H](CS)C(=O)O. The quantitative estimate of drug-likeness (QED) is 0.0233. The number of benzene rings is 1. The zero-order chi connectivity index (χ0) is 88.1. The number of nitrogens with two attached hydrogens (primary N) is 5. The number of aliphatic hydroxyl groups is 1. The van der Waals surface area contributed by atoms with Gasteiger partial charge < -0.3 is 118 Å². The molecule has 0 unspecified atom stereocenters. The monoisotopic (exact) mass is 1670 g/mol. The number of primary amides is 2. The van der Waals surface area contributed by atoms with Crippen LogP contribution in [0, 0.1) is 23.7 Å². The van der Waals surface area contributed by atoms with E-state index in [-0.39, 0.29) is 101 Å². The van der Waals surface area contributed by atoms with E-state index in [1.165, 1.54) is 18.7 Å². The van der Waals surface area contributed by atoms with Gasteiger partial charge in [-0.15, -0.1) is 0 Å². The fourth-order valence-electron chi connectivity index (χ4n) is 13.1. The Morgan fingerprint density at radius 3 is 1.27 bits per heavy atom. The summed E-state index contributed by atoms with van der Waals surface area (Å²) < 4.78 is 0. The Balaban J connectivity index is 2.00. The molecule has 26 N–H and O–H groups in total. The van der Waals surface area contributed by atoms with Gasteiger partial charge in [-0.3, -0.25) is 76.7 Å². The van der Waals surface area contributed by atoms with E-state index < -0.39 is 236 Å². The average molecular weight is 1670 g/mol. The molecule has 0 spiro atoms. The lowest BCUT2D eigenvalue weighted by molar-refractivity contribution is -0.142. The summed E-state index contributed by atoms with van der Waals surface area (Å²) in [5, 5.41) is 62.1.